The third-order valence-electron chi connectivity index (χ3n) is 2.33. The largest absolute Gasteiger partial charge is 0.508 e. The summed E-state index contributed by atoms with van der Waals surface area (Å²) >= 11 is 0. The van der Waals surface area contributed by atoms with Gasteiger partial charge in [-0.05, 0) is 30.0 Å². The number of ether oxygens (including phenoxy) is 1. The van der Waals surface area contributed by atoms with Gasteiger partial charge in [-0.1, -0.05) is 20.8 Å². The van der Waals surface area contributed by atoms with E-state index in [4.69, 9.17) is 4.74 Å². The highest BCUT2D eigenvalue weighted by atomic mass is 16.5. The van der Waals surface area contributed by atoms with Crippen LogP contribution in [0.3, 0.4) is 0 Å². The highest BCUT2D eigenvalue weighted by molar-refractivity contribution is 5.48. The van der Waals surface area contributed by atoms with E-state index in [0.717, 1.165) is 16.9 Å². The second kappa shape index (κ2) is 3.52. The number of hydrogen-bond acceptors (Lipinski definition) is 2. The minimum Gasteiger partial charge on any atom is -0.508 e. The normalized spacial score (nSPS) is 11.5. The molecule has 14 heavy (non-hydrogen) atoms. The standard InChI is InChI=1S/C12H18O2/c1-8-6-11(14-5)9(7-10(8)13)12(2,3)4/h6-7,13H,1-5H3. The lowest BCUT2D eigenvalue weighted by molar-refractivity contribution is 0.393. The van der Waals surface area contributed by atoms with E-state index in [9.17, 15) is 5.11 Å². The Balaban J connectivity index is 3.35. The number of aromatic hydroxyl groups is 1. The van der Waals surface area contributed by atoms with Crippen molar-refractivity contribution in [2.45, 2.75) is 33.1 Å². The Morgan fingerprint density at radius 3 is 2.21 bits per heavy atom. The monoisotopic (exact) mass is 194 g/mol. The molecule has 0 aliphatic rings. The van der Waals surface area contributed by atoms with Gasteiger partial charge in [-0.15, -0.1) is 0 Å². The van der Waals surface area contributed by atoms with Crippen LogP contribution in [-0.2, 0) is 5.41 Å². The van der Waals surface area contributed by atoms with Crippen molar-refractivity contribution in [2.24, 2.45) is 0 Å². The molecule has 0 heterocycles. The lowest BCUT2D eigenvalue weighted by atomic mass is 9.85. The van der Waals surface area contributed by atoms with Gasteiger partial charge in [0.1, 0.15) is 11.5 Å². The smallest absolute Gasteiger partial charge is 0.123 e. The average molecular weight is 194 g/mol. The number of hydrogen-bond donors (Lipinski definition) is 1. The Morgan fingerprint density at radius 2 is 1.79 bits per heavy atom. The molecule has 0 amide bonds. The minimum absolute atomic E-state index is 0.0173. The molecule has 0 saturated heterocycles. The molecule has 0 spiro atoms. The molecule has 78 valence electrons. The van der Waals surface area contributed by atoms with Gasteiger partial charge in [0.15, 0.2) is 0 Å². The molecule has 1 aromatic carbocycles. The van der Waals surface area contributed by atoms with E-state index in [1.165, 1.54) is 0 Å². The lowest BCUT2D eigenvalue weighted by Crippen LogP contribution is -2.12. The topological polar surface area (TPSA) is 29.5 Å². The molecule has 1 aromatic rings. The maximum atomic E-state index is 9.63. The molecule has 0 saturated carbocycles. The van der Waals surface area contributed by atoms with Gasteiger partial charge >= 0.3 is 0 Å². The van der Waals surface area contributed by atoms with Crippen LogP contribution < -0.4 is 4.74 Å². The summed E-state index contributed by atoms with van der Waals surface area (Å²) in [6.45, 7) is 8.16. The van der Waals surface area contributed by atoms with Crippen molar-refractivity contribution < 1.29 is 9.84 Å². The van der Waals surface area contributed by atoms with Crippen molar-refractivity contribution in [1.82, 2.24) is 0 Å². The van der Waals surface area contributed by atoms with Gasteiger partial charge in [0, 0.05) is 5.56 Å². The number of phenols is 1. The molecular formula is C12H18O2. The third kappa shape index (κ3) is 2.00. The molecule has 2 heteroatoms. The maximum Gasteiger partial charge on any atom is 0.123 e. The molecule has 0 bridgehead atoms. The zero-order chi connectivity index (χ0) is 10.9. The van der Waals surface area contributed by atoms with E-state index in [1.807, 2.05) is 13.0 Å². The van der Waals surface area contributed by atoms with E-state index in [2.05, 4.69) is 20.8 Å². The Hall–Kier alpha value is -1.18. The van der Waals surface area contributed by atoms with Crippen LogP contribution in [0.25, 0.3) is 0 Å². The van der Waals surface area contributed by atoms with Crippen LogP contribution >= 0.6 is 0 Å². The van der Waals surface area contributed by atoms with Crippen molar-refractivity contribution in [3.8, 4) is 11.5 Å². The first-order valence-electron chi connectivity index (χ1n) is 4.74. The van der Waals surface area contributed by atoms with Crippen molar-refractivity contribution in [2.75, 3.05) is 7.11 Å². The summed E-state index contributed by atoms with van der Waals surface area (Å²) in [5, 5.41) is 9.63. The fraction of sp³-hybridized carbons (Fsp3) is 0.500. The first kappa shape index (κ1) is 10.9. The summed E-state index contributed by atoms with van der Waals surface area (Å²) in [4.78, 5) is 0. The second-order valence-electron chi connectivity index (χ2n) is 4.59. The van der Waals surface area contributed by atoms with Gasteiger partial charge in [-0.25, -0.2) is 0 Å². The van der Waals surface area contributed by atoms with E-state index in [-0.39, 0.29) is 5.41 Å². The van der Waals surface area contributed by atoms with Gasteiger partial charge in [0.05, 0.1) is 7.11 Å². The summed E-state index contributed by atoms with van der Waals surface area (Å²) in [5.41, 5.74) is 1.86. The van der Waals surface area contributed by atoms with Crippen LogP contribution in [0.4, 0.5) is 0 Å². The molecule has 0 aliphatic heterocycles. The molecule has 0 aliphatic carbocycles. The molecular weight excluding hydrogens is 176 g/mol. The maximum absolute atomic E-state index is 9.63. The van der Waals surface area contributed by atoms with Crippen molar-refractivity contribution in [1.29, 1.82) is 0 Å². The Bertz CT molecular complexity index is 335. The van der Waals surface area contributed by atoms with E-state index >= 15 is 0 Å². The Morgan fingerprint density at radius 1 is 1.21 bits per heavy atom. The zero-order valence-corrected chi connectivity index (χ0v) is 9.51. The van der Waals surface area contributed by atoms with Gasteiger partial charge in [0.25, 0.3) is 0 Å². The van der Waals surface area contributed by atoms with Crippen LogP contribution in [0.15, 0.2) is 12.1 Å². The van der Waals surface area contributed by atoms with Crippen molar-refractivity contribution in [3.63, 3.8) is 0 Å². The number of methoxy groups -OCH3 is 1. The molecule has 2 nitrogen and oxygen atoms in total. The first-order valence-corrected chi connectivity index (χ1v) is 4.74. The molecule has 0 atom stereocenters. The highest BCUT2D eigenvalue weighted by Gasteiger charge is 2.20. The summed E-state index contributed by atoms with van der Waals surface area (Å²) in [7, 11) is 1.65. The van der Waals surface area contributed by atoms with E-state index in [0.29, 0.717) is 5.75 Å². The van der Waals surface area contributed by atoms with Gasteiger partial charge < -0.3 is 9.84 Å². The summed E-state index contributed by atoms with van der Waals surface area (Å²) < 4.78 is 5.30. The third-order valence-corrected chi connectivity index (χ3v) is 2.33. The average Bonchev–Trinajstić information content (AvgIpc) is 2.07. The van der Waals surface area contributed by atoms with Crippen molar-refractivity contribution in [3.05, 3.63) is 23.3 Å². The Labute approximate surface area is 85.5 Å². The fourth-order valence-electron chi connectivity index (χ4n) is 1.43. The SMILES string of the molecule is COc1cc(C)c(O)cc1C(C)(C)C. The Kier molecular flexibility index (Phi) is 2.74. The fourth-order valence-corrected chi connectivity index (χ4v) is 1.43. The summed E-state index contributed by atoms with van der Waals surface area (Å²) in [6, 6.07) is 3.66. The number of phenolic OH excluding ortho intramolecular Hbond substituents is 1. The molecule has 1 N–H and O–H groups in total. The first-order chi connectivity index (χ1) is 6.36. The van der Waals surface area contributed by atoms with E-state index < -0.39 is 0 Å². The molecule has 0 unspecified atom stereocenters. The van der Waals surface area contributed by atoms with Crippen LogP contribution in [-0.4, -0.2) is 12.2 Å². The van der Waals surface area contributed by atoms with Gasteiger partial charge in [-0.2, -0.15) is 0 Å². The predicted octanol–water partition coefficient (Wildman–Crippen LogP) is 3.01. The van der Waals surface area contributed by atoms with E-state index in [1.54, 1.807) is 13.2 Å². The summed E-state index contributed by atoms with van der Waals surface area (Å²) in [5.74, 6) is 1.17. The van der Waals surface area contributed by atoms with Crippen LogP contribution in [0, 0.1) is 6.92 Å². The zero-order valence-electron chi connectivity index (χ0n) is 9.51. The minimum atomic E-state index is -0.0173. The number of benzene rings is 1. The molecule has 0 radical (unpaired) electrons. The number of aryl methyl sites for hydroxylation is 1. The quantitative estimate of drug-likeness (QED) is 0.744. The van der Waals surface area contributed by atoms with Crippen LogP contribution in [0.2, 0.25) is 0 Å². The van der Waals surface area contributed by atoms with Crippen molar-refractivity contribution >= 4 is 0 Å². The molecule has 0 aromatic heterocycles. The van der Waals surface area contributed by atoms with Crippen LogP contribution in [0.5, 0.6) is 11.5 Å². The van der Waals surface area contributed by atoms with Gasteiger partial charge in [-0.3, -0.25) is 0 Å². The molecule has 1 rings (SSSR count). The predicted molar refractivity (Wildman–Crippen MR) is 58.1 cm³/mol. The lowest BCUT2D eigenvalue weighted by Gasteiger charge is -2.22. The number of rotatable bonds is 1. The summed E-state index contributed by atoms with van der Waals surface area (Å²) in [6.07, 6.45) is 0. The second-order valence-corrected chi connectivity index (χ2v) is 4.59. The van der Waals surface area contributed by atoms with Gasteiger partial charge in [0.2, 0.25) is 0 Å². The van der Waals surface area contributed by atoms with Crippen LogP contribution in [0.1, 0.15) is 31.9 Å². The molecule has 0 fully saturated rings. The highest BCUT2D eigenvalue weighted by Crippen LogP contribution is 2.35.